The molecule has 0 spiro atoms. The molecule has 24 heavy (non-hydrogen) atoms. The molecule has 1 saturated carbocycles. The molecule has 0 aromatic carbocycles. The predicted octanol–water partition coefficient (Wildman–Crippen LogP) is 2.66. The van der Waals surface area contributed by atoms with E-state index < -0.39 is 0 Å². The number of thiazole rings is 1. The van der Waals surface area contributed by atoms with Gasteiger partial charge >= 0.3 is 6.03 Å². The van der Waals surface area contributed by atoms with Crippen LogP contribution in [0.1, 0.15) is 37.1 Å². The van der Waals surface area contributed by atoms with Gasteiger partial charge in [0, 0.05) is 11.4 Å². The third-order valence-corrected chi connectivity index (χ3v) is 4.65. The lowest BCUT2D eigenvalue weighted by Gasteiger charge is -2.11. The van der Waals surface area contributed by atoms with E-state index in [1.807, 2.05) is 0 Å². The van der Waals surface area contributed by atoms with E-state index in [0.717, 1.165) is 12.8 Å². The maximum Gasteiger partial charge on any atom is 0.321 e. The SMILES string of the molecule is O=C(Cc1csc(NC(=O)NC2CCCC2)n1)NCc1ccco1. The Bertz CT molecular complexity index is 677. The highest BCUT2D eigenvalue weighted by atomic mass is 32.1. The molecule has 2 heterocycles. The maximum absolute atomic E-state index is 11.9. The Kier molecular flexibility index (Phi) is 5.47. The fourth-order valence-electron chi connectivity index (χ4n) is 2.66. The van der Waals surface area contributed by atoms with Crippen molar-refractivity contribution in [2.45, 2.75) is 44.7 Å². The standard InChI is InChI=1S/C16H20N4O3S/c21-14(17-9-13-6-3-7-23-13)8-12-10-24-16(19-12)20-15(22)18-11-4-1-2-5-11/h3,6-7,10-11H,1-2,4-5,8-9H2,(H,17,21)(H2,18,19,20,22). The van der Waals surface area contributed by atoms with E-state index in [0.29, 0.717) is 23.1 Å². The van der Waals surface area contributed by atoms with Crippen LogP contribution in [0.2, 0.25) is 0 Å². The van der Waals surface area contributed by atoms with Crippen molar-refractivity contribution in [3.8, 4) is 0 Å². The van der Waals surface area contributed by atoms with E-state index >= 15 is 0 Å². The average molecular weight is 348 g/mol. The number of urea groups is 1. The fourth-order valence-corrected chi connectivity index (χ4v) is 3.37. The molecule has 128 valence electrons. The summed E-state index contributed by atoms with van der Waals surface area (Å²) in [5.74, 6) is 0.561. The molecule has 0 radical (unpaired) electrons. The van der Waals surface area contributed by atoms with Crippen molar-refractivity contribution in [1.29, 1.82) is 0 Å². The zero-order valence-corrected chi connectivity index (χ0v) is 14.0. The molecule has 3 rings (SSSR count). The Balaban J connectivity index is 1.42. The largest absolute Gasteiger partial charge is 0.467 e. The van der Waals surface area contributed by atoms with Gasteiger partial charge in [0.05, 0.1) is 24.9 Å². The van der Waals surface area contributed by atoms with Crippen LogP contribution in [0, 0.1) is 0 Å². The number of aromatic nitrogens is 1. The summed E-state index contributed by atoms with van der Waals surface area (Å²) in [5, 5.41) is 10.7. The summed E-state index contributed by atoms with van der Waals surface area (Å²) in [4.78, 5) is 28.0. The molecule has 2 aromatic rings. The van der Waals surface area contributed by atoms with E-state index in [2.05, 4.69) is 20.9 Å². The number of anilines is 1. The zero-order chi connectivity index (χ0) is 16.8. The highest BCUT2D eigenvalue weighted by Crippen LogP contribution is 2.19. The number of carbonyl (C=O) groups excluding carboxylic acids is 2. The average Bonchev–Trinajstić information content (AvgIpc) is 3.28. The summed E-state index contributed by atoms with van der Waals surface area (Å²) in [6.07, 6.45) is 6.14. The molecule has 1 aliphatic rings. The number of amides is 3. The molecule has 0 atom stereocenters. The number of nitrogens with one attached hydrogen (secondary N) is 3. The van der Waals surface area contributed by atoms with Crippen LogP contribution in [0.15, 0.2) is 28.2 Å². The maximum atomic E-state index is 11.9. The molecule has 0 bridgehead atoms. The van der Waals surface area contributed by atoms with Crippen molar-refractivity contribution in [3.63, 3.8) is 0 Å². The second-order valence-electron chi connectivity index (χ2n) is 5.76. The Morgan fingerprint density at radius 1 is 1.33 bits per heavy atom. The van der Waals surface area contributed by atoms with Crippen LogP contribution in [0.25, 0.3) is 0 Å². The van der Waals surface area contributed by atoms with Crippen molar-refractivity contribution in [1.82, 2.24) is 15.6 Å². The Hall–Kier alpha value is -2.35. The van der Waals surface area contributed by atoms with Gasteiger partial charge < -0.3 is 15.1 Å². The van der Waals surface area contributed by atoms with Crippen LogP contribution in [0.5, 0.6) is 0 Å². The minimum Gasteiger partial charge on any atom is -0.467 e. The van der Waals surface area contributed by atoms with Crippen LogP contribution in [-0.4, -0.2) is 23.0 Å². The highest BCUT2D eigenvalue weighted by molar-refractivity contribution is 7.13. The van der Waals surface area contributed by atoms with Crippen molar-refractivity contribution >= 4 is 28.4 Å². The number of hydrogen-bond donors (Lipinski definition) is 3. The molecule has 0 unspecified atom stereocenters. The molecule has 8 heteroatoms. The van der Waals surface area contributed by atoms with Gasteiger partial charge in [0.25, 0.3) is 0 Å². The lowest BCUT2D eigenvalue weighted by molar-refractivity contribution is -0.120. The van der Waals surface area contributed by atoms with E-state index in [1.54, 1.807) is 23.8 Å². The van der Waals surface area contributed by atoms with Gasteiger partial charge in [-0.25, -0.2) is 9.78 Å². The van der Waals surface area contributed by atoms with Gasteiger partial charge in [-0.1, -0.05) is 12.8 Å². The van der Waals surface area contributed by atoms with Crippen LogP contribution >= 0.6 is 11.3 Å². The van der Waals surface area contributed by atoms with Gasteiger partial charge in [-0.2, -0.15) is 0 Å². The summed E-state index contributed by atoms with van der Waals surface area (Å²) in [6, 6.07) is 3.60. The van der Waals surface area contributed by atoms with Crippen molar-refractivity contribution in [2.24, 2.45) is 0 Å². The molecule has 1 fully saturated rings. The lowest BCUT2D eigenvalue weighted by Crippen LogP contribution is -2.36. The van der Waals surface area contributed by atoms with E-state index in [4.69, 9.17) is 4.42 Å². The minimum absolute atomic E-state index is 0.140. The van der Waals surface area contributed by atoms with Crippen LogP contribution < -0.4 is 16.0 Å². The van der Waals surface area contributed by atoms with Gasteiger partial charge in [0.1, 0.15) is 5.76 Å². The first-order chi connectivity index (χ1) is 11.7. The Labute approximate surface area is 143 Å². The summed E-state index contributed by atoms with van der Waals surface area (Å²) in [6.45, 7) is 0.352. The summed E-state index contributed by atoms with van der Waals surface area (Å²) in [7, 11) is 0. The summed E-state index contributed by atoms with van der Waals surface area (Å²) < 4.78 is 5.15. The molecule has 3 N–H and O–H groups in total. The predicted molar refractivity (Wildman–Crippen MR) is 90.8 cm³/mol. The number of hydrogen-bond acceptors (Lipinski definition) is 5. The van der Waals surface area contributed by atoms with Crippen molar-refractivity contribution in [2.75, 3.05) is 5.32 Å². The Morgan fingerprint density at radius 3 is 2.92 bits per heavy atom. The van der Waals surface area contributed by atoms with Gasteiger partial charge in [-0.15, -0.1) is 11.3 Å². The van der Waals surface area contributed by atoms with E-state index in [9.17, 15) is 9.59 Å². The second kappa shape index (κ2) is 7.96. The van der Waals surface area contributed by atoms with Crippen LogP contribution in [0.4, 0.5) is 9.93 Å². The second-order valence-corrected chi connectivity index (χ2v) is 6.61. The Morgan fingerprint density at radius 2 is 2.17 bits per heavy atom. The number of nitrogens with zero attached hydrogens (tertiary/aromatic N) is 1. The first-order valence-corrected chi connectivity index (χ1v) is 8.88. The van der Waals surface area contributed by atoms with Crippen molar-refractivity contribution in [3.05, 3.63) is 35.2 Å². The zero-order valence-electron chi connectivity index (χ0n) is 13.2. The third-order valence-electron chi connectivity index (χ3n) is 3.84. The first kappa shape index (κ1) is 16.5. The van der Waals surface area contributed by atoms with Gasteiger partial charge in [-0.3, -0.25) is 10.1 Å². The van der Waals surface area contributed by atoms with Gasteiger partial charge in [-0.05, 0) is 25.0 Å². The fraction of sp³-hybridized carbons (Fsp3) is 0.438. The highest BCUT2D eigenvalue weighted by Gasteiger charge is 2.17. The summed E-state index contributed by atoms with van der Waals surface area (Å²) >= 11 is 1.31. The summed E-state index contributed by atoms with van der Waals surface area (Å²) in [5.41, 5.74) is 0.633. The molecule has 0 aliphatic heterocycles. The lowest BCUT2D eigenvalue weighted by atomic mass is 10.3. The van der Waals surface area contributed by atoms with Crippen LogP contribution in [-0.2, 0) is 17.8 Å². The molecular weight excluding hydrogens is 328 g/mol. The molecule has 7 nitrogen and oxygen atoms in total. The molecule has 1 aliphatic carbocycles. The third kappa shape index (κ3) is 4.82. The quantitative estimate of drug-likeness (QED) is 0.748. The normalized spacial score (nSPS) is 14.5. The topological polar surface area (TPSA) is 96.3 Å². The molecule has 0 saturated heterocycles. The van der Waals surface area contributed by atoms with Gasteiger partial charge in [0.15, 0.2) is 5.13 Å². The minimum atomic E-state index is -0.231. The first-order valence-electron chi connectivity index (χ1n) is 8.00. The molecule has 3 amide bonds. The number of furan rings is 1. The monoisotopic (exact) mass is 348 g/mol. The molecular formula is C16H20N4O3S. The number of carbonyl (C=O) groups is 2. The van der Waals surface area contributed by atoms with Crippen LogP contribution in [0.3, 0.4) is 0 Å². The van der Waals surface area contributed by atoms with E-state index in [-0.39, 0.29) is 24.4 Å². The molecule has 2 aromatic heterocycles. The van der Waals surface area contributed by atoms with E-state index in [1.165, 1.54) is 24.2 Å². The smallest absolute Gasteiger partial charge is 0.321 e. The number of rotatable bonds is 6. The van der Waals surface area contributed by atoms with Crippen molar-refractivity contribution < 1.29 is 14.0 Å². The van der Waals surface area contributed by atoms with Gasteiger partial charge in [0.2, 0.25) is 5.91 Å².